The standard InChI is InChI=1S/C11H9NO4S/c13-9(14)5-6-12-10(15)7-3-1-2-4-8(7)17-11(12)16/h1-4H,5-6H2,(H,13,14). The van der Waals surface area contributed by atoms with Crippen LogP contribution in [0.3, 0.4) is 0 Å². The molecule has 0 saturated carbocycles. The maximum absolute atomic E-state index is 11.9. The van der Waals surface area contributed by atoms with Crippen LogP contribution in [-0.4, -0.2) is 15.6 Å². The summed E-state index contributed by atoms with van der Waals surface area (Å²) in [4.78, 5) is 33.6. The van der Waals surface area contributed by atoms with Crippen LogP contribution in [0.15, 0.2) is 33.9 Å². The minimum absolute atomic E-state index is 0.0890. The van der Waals surface area contributed by atoms with Crippen LogP contribution in [-0.2, 0) is 11.3 Å². The summed E-state index contributed by atoms with van der Waals surface area (Å²) in [6, 6.07) is 6.79. The molecule has 0 radical (unpaired) electrons. The normalized spacial score (nSPS) is 10.6. The molecule has 0 fully saturated rings. The van der Waals surface area contributed by atoms with E-state index in [1.165, 1.54) is 0 Å². The van der Waals surface area contributed by atoms with E-state index in [2.05, 4.69) is 0 Å². The van der Waals surface area contributed by atoms with Crippen LogP contribution in [0.5, 0.6) is 0 Å². The molecule has 0 bridgehead atoms. The van der Waals surface area contributed by atoms with Crippen molar-refractivity contribution < 1.29 is 9.90 Å². The molecule has 17 heavy (non-hydrogen) atoms. The molecule has 1 aromatic carbocycles. The summed E-state index contributed by atoms with van der Waals surface area (Å²) in [5.41, 5.74) is -0.425. The van der Waals surface area contributed by atoms with Crippen molar-refractivity contribution in [3.8, 4) is 0 Å². The molecule has 1 N–H and O–H groups in total. The topological polar surface area (TPSA) is 76.4 Å². The quantitative estimate of drug-likeness (QED) is 0.879. The Bertz CT molecular complexity index is 686. The van der Waals surface area contributed by atoms with Gasteiger partial charge in [-0.25, -0.2) is 0 Å². The van der Waals surface area contributed by atoms with Gasteiger partial charge in [0.2, 0.25) is 0 Å². The molecule has 2 aromatic rings. The lowest BCUT2D eigenvalue weighted by Gasteiger charge is -2.03. The van der Waals surface area contributed by atoms with E-state index in [1.807, 2.05) is 0 Å². The van der Waals surface area contributed by atoms with Gasteiger partial charge in [0.05, 0.1) is 11.8 Å². The van der Waals surface area contributed by atoms with Gasteiger partial charge >= 0.3 is 10.8 Å². The number of fused-ring (bicyclic) bond motifs is 1. The van der Waals surface area contributed by atoms with Gasteiger partial charge in [-0.3, -0.25) is 19.0 Å². The second-order valence-corrected chi connectivity index (χ2v) is 4.46. The van der Waals surface area contributed by atoms with E-state index in [9.17, 15) is 14.4 Å². The van der Waals surface area contributed by atoms with E-state index in [1.54, 1.807) is 24.3 Å². The molecule has 1 aromatic heterocycles. The third-order valence-electron chi connectivity index (χ3n) is 2.33. The predicted octanol–water partition coefficient (Wildman–Crippen LogP) is 0.898. The first-order chi connectivity index (χ1) is 8.09. The molecule has 0 amide bonds. The van der Waals surface area contributed by atoms with Crippen molar-refractivity contribution in [2.45, 2.75) is 13.0 Å². The van der Waals surface area contributed by atoms with Crippen molar-refractivity contribution in [2.24, 2.45) is 0 Å². The van der Waals surface area contributed by atoms with Crippen LogP contribution >= 0.6 is 11.3 Å². The second kappa shape index (κ2) is 4.50. The van der Waals surface area contributed by atoms with E-state index in [-0.39, 0.29) is 13.0 Å². The summed E-state index contributed by atoms with van der Waals surface area (Å²) in [6.07, 6.45) is -0.236. The summed E-state index contributed by atoms with van der Waals surface area (Å²) in [6.45, 7) is -0.0890. The highest BCUT2D eigenvalue weighted by Gasteiger charge is 2.08. The highest BCUT2D eigenvalue weighted by Crippen LogP contribution is 2.10. The molecule has 0 saturated heterocycles. The first-order valence-electron chi connectivity index (χ1n) is 4.94. The summed E-state index contributed by atoms with van der Waals surface area (Å²) >= 11 is 0.949. The minimum atomic E-state index is -1.03. The van der Waals surface area contributed by atoms with Gasteiger partial charge in [0.15, 0.2) is 0 Å². The molecule has 0 atom stereocenters. The van der Waals surface area contributed by atoms with Gasteiger partial charge in [0.1, 0.15) is 0 Å². The van der Waals surface area contributed by atoms with E-state index < -0.39 is 16.4 Å². The Labute approximate surface area is 99.6 Å². The number of carboxylic acid groups (broad SMARTS) is 1. The fourth-order valence-electron chi connectivity index (χ4n) is 1.51. The fraction of sp³-hybridized carbons (Fsp3) is 0.182. The molecule has 5 nitrogen and oxygen atoms in total. The van der Waals surface area contributed by atoms with Gasteiger partial charge in [0, 0.05) is 11.2 Å². The van der Waals surface area contributed by atoms with Crippen LogP contribution in [0.2, 0.25) is 0 Å². The van der Waals surface area contributed by atoms with Gasteiger partial charge < -0.3 is 5.11 Å². The molecule has 0 aliphatic rings. The maximum atomic E-state index is 11.9. The van der Waals surface area contributed by atoms with Gasteiger partial charge in [0.25, 0.3) is 5.56 Å². The number of hydrogen-bond donors (Lipinski definition) is 1. The van der Waals surface area contributed by atoms with E-state index in [0.29, 0.717) is 10.1 Å². The van der Waals surface area contributed by atoms with Crippen molar-refractivity contribution in [1.82, 2.24) is 4.57 Å². The number of aromatic nitrogens is 1. The zero-order valence-corrected chi connectivity index (χ0v) is 9.57. The molecule has 0 unspecified atom stereocenters. The van der Waals surface area contributed by atoms with Crippen LogP contribution < -0.4 is 10.4 Å². The smallest absolute Gasteiger partial charge is 0.310 e. The molecule has 2 rings (SSSR count). The lowest BCUT2D eigenvalue weighted by Crippen LogP contribution is -2.31. The number of hydrogen-bond acceptors (Lipinski definition) is 4. The molecule has 6 heteroatoms. The minimum Gasteiger partial charge on any atom is -0.481 e. The Morgan fingerprint density at radius 2 is 2.00 bits per heavy atom. The van der Waals surface area contributed by atoms with Crippen molar-refractivity contribution in [3.63, 3.8) is 0 Å². The highest BCUT2D eigenvalue weighted by molar-refractivity contribution is 7.16. The zero-order valence-electron chi connectivity index (χ0n) is 8.75. The molecule has 0 aliphatic heterocycles. The number of carbonyl (C=O) groups is 1. The maximum Gasteiger partial charge on any atom is 0.310 e. The van der Waals surface area contributed by atoms with E-state index in [4.69, 9.17) is 5.11 Å². The summed E-state index contributed by atoms with van der Waals surface area (Å²) in [7, 11) is 0. The number of rotatable bonds is 3. The Morgan fingerprint density at radius 3 is 2.71 bits per heavy atom. The summed E-state index contributed by atoms with van der Waals surface area (Å²) in [5, 5.41) is 9.00. The number of benzene rings is 1. The largest absolute Gasteiger partial charge is 0.481 e. The highest BCUT2D eigenvalue weighted by atomic mass is 32.1. The SMILES string of the molecule is O=C(O)CCn1c(=O)sc2ccccc2c1=O. The lowest BCUT2D eigenvalue weighted by molar-refractivity contribution is -0.137. The lowest BCUT2D eigenvalue weighted by atomic mass is 10.3. The van der Waals surface area contributed by atoms with Crippen LogP contribution in [0, 0.1) is 0 Å². The first-order valence-corrected chi connectivity index (χ1v) is 5.76. The Balaban J connectivity index is 2.60. The molecular weight excluding hydrogens is 242 g/mol. The van der Waals surface area contributed by atoms with Gasteiger partial charge in [-0.15, -0.1) is 0 Å². The van der Waals surface area contributed by atoms with Crippen molar-refractivity contribution in [2.75, 3.05) is 0 Å². The first kappa shape index (κ1) is 11.5. The van der Waals surface area contributed by atoms with Gasteiger partial charge in [-0.1, -0.05) is 23.5 Å². The third-order valence-corrected chi connectivity index (χ3v) is 3.30. The Hall–Kier alpha value is -1.95. The molecular formula is C11H9NO4S. The number of carboxylic acids is 1. The van der Waals surface area contributed by atoms with Gasteiger partial charge in [-0.2, -0.15) is 0 Å². The van der Waals surface area contributed by atoms with E-state index in [0.717, 1.165) is 15.9 Å². The van der Waals surface area contributed by atoms with Crippen LogP contribution in [0.1, 0.15) is 6.42 Å². The second-order valence-electron chi connectivity index (χ2n) is 3.46. The number of nitrogens with zero attached hydrogens (tertiary/aromatic N) is 1. The summed E-state index contributed by atoms with van der Waals surface area (Å²) in [5.74, 6) is -1.03. The average Bonchev–Trinajstić information content (AvgIpc) is 2.28. The zero-order chi connectivity index (χ0) is 12.4. The third kappa shape index (κ3) is 2.26. The molecule has 0 spiro atoms. The fourth-order valence-corrected chi connectivity index (χ4v) is 2.39. The predicted molar refractivity (Wildman–Crippen MR) is 64.6 cm³/mol. The van der Waals surface area contributed by atoms with Crippen LogP contribution in [0.25, 0.3) is 10.1 Å². The molecule has 1 heterocycles. The van der Waals surface area contributed by atoms with E-state index >= 15 is 0 Å². The summed E-state index contributed by atoms with van der Waals surface area (Å²) < 4.78 is 1.59. The monoisotopic (exact) mass is 251 g/mol. The van der Waals surface area contributed by atoms with Crippen molar-refractivity contribution in [3.05, 3.63) is 44.3 Å². The number of aliphatic carboxylic acids is 1. The Kier molecular flexibility index (Phi) is 3.06. The average molecular weight is 251 g/mol. The van der Waals surface area contributed by atoms with Gasteiger partial charge in [-0.05, 0) is 12.1 Å². The van der Waals surface area contributed by atoms with Crippen molar-refractivity contribution in [1.29, 1.82) is 0 Å². The molecule has 0 aliphatic carbocycles. The molecule has 88 valence electrons. The van der Waals surface area contributed by atoms with Crippen molar-refractivity contribution >= 4 is 27.4 Å². The van der Waals surface area contributed by atoms with Crippen LogP contribution in [0.4, 0.5) is 0 Å². The Morgan fingerprint density at radius 1 is 1.29 bits per heavy atom.